The maximum Gasteiger partial charge on any atom is 0.416 e. The highest BCUT2D eigenvalue weighted by atomic mass is 19.4. The van der Waals surface area contributed by atoms with Gasteiger partial charge in [-0.15, -0.1) is 0 Å². The number of alkyl halides is 3. The molecule has 2 N–H and O–H groups in total. The van der Waals surface area contributed by atoms with Crippen molar-refractivity contribution in [1.29, 1.82) is 0 Å². The van der Waals surface area contributed by atoms with Crippen molar-refractivity contribution in [2.45, 2.75) is 39.4 Å². The number of hydrogen-bond acceptors (Lipinski definition) is 2. The largest absolute Gasteiger partial charge is 0.481 e. The van der Waals surface area contributed by atoms with E-state index in [0.29, 0.717) is 6.07 Å². The number of hydrogen-bond donors (Lipinski definition) is 2. The highest BCUT2D eigenvalue weighted by Crippen LogP contribution is 2.32. The second-order valence-electron chi connectivity index (χ2n) is 5.85. The lowest BCUT2D eigenvalue weighted by molar-refractivity contribution is -0.138. The Bertz CT molecular complexity index is 521. The average molecular weight is 307 g/mol. The summed E-state index contributed by atoms with van der Waals surface area (Å²) in [6, 6.07) is 1.49. The molecule has 0 saturated carbocycles. The van der Waals surface area contributed by atoms with Gasteiger partial charge in [0.25, 0.3) is 0 Å². The average Bonchev–Trinajstić information content (AvgIpc) is 2.27. The second kappa shape index (κ2) is 5.91. The number of aliphatic carboxylic acids is 1. The summed E-state index contributed by atoms with van der Waals surface area (Å²) in [7, 11) is 0. The Morgan fingerprint density at radius 2 is 1.86 bits per heavy atom. The van der Waals surface area contributed by atoms with Gasteiger partial charge in [0, 0.05) is 6.04 Å². The van der Waals surface area contributed by atoms with Crippen LogP contribution >= 0.6 is 0 Å². The number of nitrogens with one attached hydrogen (secondary N) is 1. The van der Waals surface area contributed by atoms with E-state index in [1.54, 1.807) is 20.8 Å². The fraction of sp³-hybridized carbons (Fsp3) is 0.500. The van der Waals surface area contributed by atoms with Gasteiger partial charge in [-0.25, -0.2) is 4.39 Å². The molecular formula is C14H17F4NO2. The molecule has 0 aromatic heterocycles. The lowest BCUT2D eigenvalue weighted by Gasteiger charge is -2.31. The molecule has 0 aliphatic rings. The molecule has 0 bridgehead atoms. The molecule has 1 unspecified atom stereocenters. The first-order valence-electron chi connectivity index (χ1n) is 6.26. The van der Waals surface area contributed by atoms with Gasteiger partial charge in [-0.1, -0.05) is 20.8 Å². The molecule has 1 aromatic carbocycles. The van der Waals surface area contributed by atoms with E-state index in [4.69, 9.17) is 5.11 Å². The molecule has 118 valence electrons. The van der Waals surface area contributed by atoms with E-state index >= 15 is 0 Å². The SMILES string of the molecule is CC(C)(C)C(CC(=O)O)Nc1ccc(C(F)(F)F)cc1F. The quantitative estimate of drug-likeness (QED) is 0.822. The van der Waals surface area contributed by atoms with Crippen LogP contribution in [-0.2, 0) is 11.0 Å². The Labute approximate surface area is 120 Å². The third-order valence-electron chi connectivity index (χ3n) is 3.05. The monoisotopic (exact) mass is 307 g/mol. The summed E-state index contributed by atoms with van der Waals surface area (Å²) in [5.41, 5.74) is -1.74. The van der Waals surface area contributed by atoms with Crippen molar-refractivity contribution in [2.75, 3.05) is 5.32 Å². The molecule has 1 atom stereocenters. The van der Waals surface area contributed by atoms with Crippen LogP contribution in [0.2, 0.25) is 0 Å². The molecule has 0 spiro atoms. The standard InChI is InChI=1S/C14H17F4NO2/c1-13(2,3)11(7-12(20)21)19-10-5-4-8(6-9(10)15)14(16,17)18/h4-6,11,19H,7H2,1-3H3,(H,20,21). The Hall–Kier alpha value is -1.79. The van der Waals surface area contributed by atoms with E-state index in [1.165, 1.54) is 0 Å². The first kappa shape index (κ1) is 17.3. The van der Waals surface area contributed by atoms with Crippen LogP contribution in [0.15, 0.2) is 18.2 Å². The summed E-state index contributed by atoms with van der Waals surface area (Å²) in [6.45, 7) is 5.28. The van der Waals surface area contributed by atoms with Gasteiger partial charge >= 0.3 is 12.1 Å². The van der Waals surface area contributed by atoms with Gasteiger partial charge in [0.15, 0.2) is 0 Å². The van der Waals surface area contributed by atoms with Crippen molar-refractivity contribution in [3.8, 4) is 0 Å². The highest BCUT2D eigenvalue weighted by molar-refractivity contribution is 5.68. The number of benzene rings is 1. The molecule has 0 radical (unpaired) electrons. The van der Waals surface area contributed by atoms with Crippen LogP contribution in [0.4, 0.5) is 23.2 Å². The van der Waals surface area contributed by atoms with Crippen LogP contribution in [0, 0.1) is 11.2 Å². The van der Waals surface area contributed by atoms with E-state index < -0.39 is 35.0 Å². The molecule has 21 heavy (non-hydrogen) atoms. The normalized spacial score (nSPS) is 13.9. The predicted molar refractivity (Wildman–Crippen MR) is 70.5 cm³/mol. The summed E-state index contributed by atoms with van der Waals surface area (Å²) in [5, 5.41) is 11.5. The highest BCUT2D eigenvalue weighted by Gasteiger charge is 2.32. The number of carboxylic acid groups (broad SMARTS) is 1. The molecule has 7 heteroatoms. The Morgan fingerprint density at radius 3 is 2.24 bits per heavy atom. The van der Waals surface area contributed by atoms with Gasteiger partial charge in [0.05, 0.1) is 17.7 Å². The van der Waals surface area contributed by atoms with Crippen LogP contribution in [0.25, 0.3) is 0 Å². The third kappa shape index (κ3) is 4.91. The Kier molecular flexibility index (Phi) is 4.86. The minimum atomic E-state index is -4.62. The zero-order chi connectivity index (χ0) is 16.4. The molecular weight excluding hydrogens is 290 g/mol. The molecule has 0 fully saturated rings. The topological polar surface area (TPSA) is 49.3 Å². The summed E-state index contributed by atoms with van der Waals surface area (Å²) in [6.07, 6.45) is -4.90. The molecule has 0 amide bonds. The van der Waals surface area contributed by atoms with Crippen LogP contribution in [-0.4, -0.2) is 17.1 Å². The van der Waals surface area contributed by atoms with Crippen molar-refractivity contribution < 1.29 is 27.5 Å². The van der Waals surface area contributed by atoms with E-state index in [1.807, 2.05) is 0 Å². The molecule has 0 saturated heterocycles. The van der Waals surface area contributed by atoms with E-state index in [-0.39, 0.29) is 12.1 Å². The Balaban J connectivity index is 3.03. The number of rotatable bonds is 4. The first-order valence-corrected chi connectivity index (χ1v) is 6.26. The predicted octanol–water partition coefficient (Wildman–Crippen LogP) is 4.15. The van der Waals surface area contributed by atoms with Gasteiger partial charge in [0.2, 0.25) is 0 Å². The van der Waals surface area contributed by atoms with Gasteiger partial charge in [-0.3, -0.25) is 4.79 Å². The second-order valence-corrected chi connectivity index (χ2v) is 5.85. The molecule has 1 rings (SSSR count). The van der Waals surface area contributed by atoms with Crippen molar-refractivity contribution in [1.82, 2.24) is 0 Å². The maximum atomic E-state index is 13.8. The fourth-order valence-corrected chi connectivity index (χ4v) is 1.74. The number of carbonyl (C=O) groups is 1. The van der Waals surface area contributed by atoms with Crippen molar-refractivity contribution in [2.24, 2.45) is 5.41 Å². The van der Waals surface area contributed by atoms with Crippen LogP contribution < -0.4 is 5.32 Å². The number of anilines is 1. The minimum Gasteiger partial charge on any atom is -0.481 e. The van der Waals surface area contributed by atoms with Gasteiger partial charge in [-0.05, 0) is 23.6 Å². The van der Waals surface area contributed by atoms with E-state index in [9.17, 15) is 22.4 Å². The van der Waals surface area contributed by atoms with Crippen LogP contribution in [0.1, 0.15) is 32.8 Å². The lowest BCUT2D eigenvalue weighted by atomic mass is 9.84. The number of carboxylic acids is 1. The van der Waals surface area contributed by atoms with E-state index in [0.717, 1.165) is 12.1 Å². The van der Waals surface area contributed by atoms with Crippen LogP contribution in [0.3, 0.4) is 0 Å². The minimum absolute atomic E-state index is 0.149. The summed E-state index contributed by atoms with van der Waals surface area (Å²) < 4.78 is 51.1. The zero-order valence-corrected chi connectivity index (χ0v) is 11.9. The van der Waals surface area contributed by atoms with Crippen molar-refractivity contribution in [3.63, 3.8) is 0 Å². The van der Waals surface area contributed by atoms with Gasteiger partial charge in [-0.2, -0.15) is 13.2 Å². The molecule has 1 aromatic rings. The fourth-order valence-electron chi connectivity index (χ4n) is 1.74. The first-order chi connectivity index (χ1) is 9.41. The maximum absolute atomic E-state index is 13.8. The smallest absolute Gasteiger partial charge is 0.416 e. The molecule has 0 aliphatic carbocycles. The molecule has 0 heterocycles. The van der Waals surface area contributed by atoms with Crippen LogP contribution in [0.5, 0.6) is 0 Å². The van der Waals surface area contributed by atoms with E-state index in [2.05, 4.69) is 5.32 Å². The van der Waals surface area contributed by atoms with Crippen molar-refractivity contribution in [3.05, 3.63) is 29.6 Å². The lowest BCUT2D eigenvalue weighted by Crippen LogP contribution is -2.36. The summed E-state index contributed by atoms with van der Waals surface area (Å²) in [5.74, 6) is -2.14. The van der Waals surface area contributed by atoms with Gasteiger partial charge < -0.3 is 10.4 Å². The summed E-state index contributed by atoms with van der Waals surface area (Å²) >= 11 is 0. The molecule has 0 aliphatic heterocycles. The van der Waals surface area contributed by atoms with Crippen molar-refractivity contribution >= 4 is 11.7 Å². The van der Waals surface area contributed by atoms with Gasteiger partial charge in [0.1, 0.15) is 5.82 Å². The summed E-state index contributed by atoms with van der Waals surface area (Å²) in [4.78, 5) is 10.8. The molecule has 3 nitrogen and oxygen atoms in total. The zero-order valence-electron chi connectivity index (χ0n) is 11.9. The Morgan fingerprint density at radius 1 is 1.29 bits per heavy atom. The number of halogens is 4. The third-order valence-corrected chi connectivity index (χ3v) is 3.05.